The molecule has 0 bridgehead atoms. The van der Waals surface area contributed by atoms with Gasteiger partial charge in [0, 0.05) is 52.9 Å². The number of hydrogen-bond acceptors (Lipinski definition) is 5. The summed E-state index contributed by atoms with van der Waals surface area (Å²) in [6.07, 6.45) is 5.60. The van der Waals surface area contributed by atoms with Gasteiger partial charge in [-0.2, -0.15) is 0 Å². The van der Waals surface area contributed by atoms with Crippen LogP contribution in [-0.4, -0.2) is 40.0 Å². The van der Waals surface area contributed by atoms with E-state index in [1.165, 1.54) is 27.9 Å². The van der Waals surface area contributed by atoms with Crippen molar-refractivity contribution in [1.29, 1.82) is 0 Å². The molecular formula is C42H41NO4. The van der Waals surface area contributed by atoms with E-state index in [1.54, 1.807) is 7.11 Å². The highest BCUT2D eigenvalue weighted by molar-refractivity contribution is 6.09. The molecule has 238 valence electrons. The van der Waals surface area contributed by atoms with E-state index in [-0.39, 0.29) is 5.41 Å². The molecule has 3 aliphatic rings. The largest absolute Gasteiger partial charge is 0.493 e. The second kappa shape index (κ2) is 11.5. The molecule has 8 rings (SSSR count). The topological polar surface area (TPSA) is 40.2 Å². The van der Waals surface area contributed by atoms with Gasteiger partial charge in [0.1, 0.15) is 5.75 Å². The molecule has 1 fully saturated rings. The van der Waals surface area contributed by atoms with Crippen LogP contribution in [0.1, 0.15) is 55.0 Å². The van der Waals surface area contributed by atoms with Crippen LogP contribution < -0.4 is 19.1 Å². The first kappa shape index (κ1) is 29.6. The first-order chi connectivity index (χ1) is 23.0. The van der Waals surface area contributed by atoms with E-state index < -0.39 is 5.60 Å². The van der Waals surface area contributed by atoms with Gasteiger partial charge in [-0.3, -0.25) is 0 Å². The van der Waals surface area contributed by atoms with Gasteiger partial charge in [0.15, 0.2) is 17.1 Å². The van der Waals surface area contributed by atoms with E-state index in [1.807, 2.05) is 6.92 Å². The van der Waals surface area contributed by atoms with E-state index in [4.69, 9.17) is 18.9 Å². The van der Waals surface area contributed by atoms with E-state index in [0.717, 1.165) is 71.7 Å². The summed E-state index contributed by atoms with van der Waals surface area (Å²) in [6.45, 7) is 10.7. The van der Waals surface area contributed by atoms with Crippen LogP contribution in [0.15, 0.2) is 97.1 Å². The molecule has 0 amide bonds. The number of anilines is 1. The van der Waals surface area contributed by atoms with Crippen molar-refractivity contribution in [2.24, 2.45) is 0 Å². The predicted octanol–water partition coefficient (Wildman–Crippen LogP) is 9.13. The molecule has 1 saturated heterocycles. The van der Waals surface area contributed by atoms with Crippen molar-refractivity contribution >= 4 is 22.5 Å². The lowest BCUT2D eigenvalue weighted by atomic mass is 9.76. The zero-order valence-corrected chi connectivity index (χ0v) is 27.6. The van der Waals surface area contributed by atoms with E-state index >= 15 is 0 Å². The molecule has 2 heterocycles. The molecule has 1 atom stereocenters. The Hall–Kier alpha value is -4.74. The van der Waals surface area contributed by atoms with Crippen LogP contribution in [0.2, 0.25) is 0 Å². The molecule has 0 radical (unpaired) electrons. The zero-order valence-electron chi connectivity index (χ0n) is 27.6. The fourth-order valence-electron chi connectivity index (χ4n) is 7.97. The molecule has 5 heteroatoms. The number of hydrogen-bond donors (Lipinski definition) is 0. The third kappa shape index (κ3) is 4.63. The van der Waals surface area contributed by atoms with Crippen LogP contribution in [-0.2, 0) is 15.8 Å². The van der Waals surface area contributed by atoms with Crippen molar-refractivity contribution in [2.45, 2.75) is 38.2 Å². The molecule has 1 unspecified atom stereocenters. The average molecular weight is 624 g/mol. The smallest absolute Gasteiger partial charge is 0.178 e. The Morgan fingerprint density at radius 1 is 0.809 bits per heavy atom. The van der Waals surface area contributed by atoms with Gasteiger partial charge in [0.05, 0.1) is 20.3 Å². The van der Waals surface area contributed by atoms with Gasteiger partial charge in [-0.25, -0.2) is 0 Å². The Balaban J connectivity index is 1.37. The van der Waals surface area contributed by atoms with E-state index in [9.17, 15) is 0 Å². The fourth-order valence-corrected chi connectivity index (χ4v) is 7.97. The highest BCUT2D eigenvalue weighted by Gasteiger charge is 2.44. The van der Waals surface area contributed by atoms with E-state index in [0.29, 0.717) is 12.4 Å². The van der Waals surface area contributed by atoms with Gasteiger partial charge in [0.25, 0.3) is 0 Å². The van der Waals surface area contributed by atoms with Gasteiger partial charge in [-0.1, -0.05) is 86.7 Å². The summed E-state index contributed by atoms with van der Waals surface area (Å²) in [6, 6.07) is 32.5. The summed E-state index contributed by atoms with van der Waals surface area (Å²) in [5, 5.41) is 2.12. The number of rotatable bonds is 6. The minimum Gasteiger partial charge on any atom is -0.493 e. The number of methoxy groups -OCH3 is 1. The Labute approximate surface area is 277 Å². The average Bonchev–Trinajstić information content (AvgIpc) is 3.26. The lowest BCUT2D eigenvalue weighted by Crippen LogP contribution is -2.35. The minimum absolute atomic E-state index is 0.227. The summed E-state index contributed by atoms with van der Waals surface area (Å²) in [5.74, 6) is 2.30. The van der Waals surface area contributed by atoms with Crippen LogP contribution in [0.25, 0.3) is 28.0 Å². The van der Waals surface area contributed by atoms with Crippen LogP contribution in [0.3, 0.4) is 0 Å². The molecule has 5 aromatic carbocycles. The molecule has 0 aromatic heterocycles. The molecule has 5 nitrogen and oxygen atoms in total. The van der Waals surface area contributed by atoms with Crippen LogP contribution in [0, 0.1) is 0 Å². The monoisotopic (exact) mass is 623 g/mol. The number of benzene rings is 5. The van der Waals surface area contributed by atoms with Crippen molar-refractivity contribution in [3.05, 3.63) is 125 Å². The molecular weight excluding hydrogens is 582 g/mol. The first-order valence-electron chi connectivity index (χ1n) is 16.8. The van der Waals surface area contributed by atoms with Gasteiger partial charge in [-0.05, 0) is 71.3 Å². The quantitative estimate of drug-likeness (QED) is 0.189. The van der Waals surface area contributed by atoms with Gasteiger partial charge < -0.3 is 23.8 Å². The number of ether oxygens (including phenoxy) is 4. The maximum atomic E-state index is 7.51. The van der Waals surface area contributed by atoms with Crippen molar-refractivity contribution in [2.75, 3.05) is 44.9 Å². The Morgan fingerprint density at radius 3 is 2.34 bits per heavy atom. The molecule has 0 spiro atoms. The number of nitrogens with zero attached hydrogens (tertiary/aromatic N) is 1. The van der Waals surface area contributed by atoms with Crippen LogP contribution >= 0.6 is 0 Å². The minimum atomic E-state index is -0.836. The van der Waals surface area contributed by atoms with Crippen molar-refractivity contribution in [3.8, 4) is 28.4 Å². The van der Waals surface area contributed by atoms with Gasteiger partial charge in [-0.15, -0.1) is 0 Å². The van der Waals surface area contributed by atoms with Crippen molar-refractivity contribution < 1.29 is 18.9 Å². The summed E-state index contributed by atoms with van der Waals surface area (Å²) >= 11 is 0. The molecule has 2 aliphatic heterocycles. The summed E-state index contributed by atoms with van der Waals surface area (Å²) in [5.41, 5.74) is 8.52. The summed E-state index contributed by atoms with van der Waals surface area (Å²) in [7, 11) is 1.70. The zero-order chi connectivity index (χ0) is 32.2. The second-order valence-corrected chi connectivity index (χ2v) is 13.2. The second-order valence-electron chi connectivity index (χ2n) is 13.2. The van der Waals surface area contributed by atoms with Crippen molar-refractivity contribution in [3.63, 3.8) is 0 Å². The normalized spacial score (nSPS) is 19.4. The Kier molecular flexibility index (Phi) is 7.25. The maximum absolute atomic E-state index is 7.51. The summed E-state index contributed by atoms with van der Waals surface area (Å²) < 4.78 is 25.3. The van der Waals surface area contributed by atoms with E-state index in [2.05, 4.69) is 122 Å². The van der Waals surface area contributed by atoms with Gasteiger partial charge in [0.2, 0.25) is 0 Å². The highest BCUT2D eigenvalue weighted by Crippen LogP contribution is 2.59. The summed E-state index contributed by atoms with van der Waals surface area (Å²) in [4.78, 5) is 2.41. The lowest BCUT2D eigenvalue weighted by Gasteiger charge is -2.38. The third-order valence-electron chi connectivity index (χ3n) is 10.2. The molecule has 47 heavy (non-hydrogen) atoms. The first-order valence-corrected chi connectivity index (χ1v) is 16.8. The SMILES string of the molecule is CCOc1cc2c3c(c4c(c2cc1OC)OC(c1ccccc1)(c1ccc(N2CCCOCC2)cc1)C=C4)C(C)(C)c1ccccc1-3. The third-order valence-corrected chi connectivity index (χ3v) is 10.2. The predicted molar refractivity (Wildman–Crippen MR) is 190 cm³/mol. The Morgan fingerprint density at radius 2 is 1.55 bits per heavy atom. The van der Waals surface area contributed by atoms with Crippen LogP contribution in [0.5, 0.6) is 17.2 Å². The molecule has 0 N–H and O–H groups in total. The molecule has 0 saturated carbocycles. The molecule has 5 aromatic rings. The van der Waals surface area contributed by atoms with Crippen LogP contribution in [0.4, 0.5) is 5.69 Å². The highest BCUT2D eigenvalue weighted by atomic mass is 16.5. The lowest BCUT2D eigenvalue weighted by molar-refractivity contribution is 0.152. The maximum Gasteiger partial charge on any atom is 0.178 e. The fraction of sp³-hybridized carbons (Fsp3) is 0.286. The van der Waals surface area contributed by atoms with Crippen molar-refractivity contribution in [1.82, 2.24) is 0 Å². The van der Waals surface area contributed by atoms with Gasteiger partial charge >= 0.3 is 0 Å². The molecule has 1 aliphatic carbocycles. The Bertz CT molecular complexity index is 1990. The number of fused-ring (bicyclic) bond motifs is 8. The standard InChI is InChI=1S/C42H41NO4/c1-5-46-37-26-33-34(27-36(37)44-4)40-32(39-38(33)31-14-9-10-15-35(31)41(39,2)3)20-21-42(47-40,28-12-7-6-8-13-28)29-16-18-30(19-17-29)43-22-11-24-45-25-23-43/h6-10,12-21,26-27H,5,11,22-25H2,1-4H3.